The van der Waals surface area contributed by atoms with Crippen molar-refractivity contribution in [2.45, 2.75) is 6.04 Å². The molecule has 0 spiro atoms. The van der Waals surface area contributed by atoms with Gasteiger partial charge in [0.2, 0.25) is 0 Å². The van der Waals surface area contributed by atoms with Crippen LogP contribution in [0, 0.1) is 0 Å². The van der Waals surface area contributed by atoms with E-state index in [1.807, 2.05) is 13.2 Å². The highest BCUT2D eigenvalue weighted by Crippen LogP contribution is 2.14. The molecule has 0 saturated heterocycles. The molecule has 0 aliphatic heterocycles. The van der Waals surface area contributed by atoms with E-state index < -0.39 is 0 Å². The number of nitrogens with two attached hydrogens (primary N) is 1. The van der Waals surface area contributed by atoms with E-state index in [0.29, 0.717) is 5.69 Å². The number of H-pyrrole nitrogens is 1. The zero-order chi connectivity index (χ0) is 9.26. The lowest BCUT2D eigenvalue weighted by Crippen LogP contribution is -2.11. The highest BCUT2D eigenvalue weighted by atomic mass is 15.3. The first kappa shape index (κ1) is 7.93. The van der Waals surface area contributed by atoms with E-state index in [-0.39, 0.29) is 6.04 Å². The number of nitrogens with zero attached hydrogens (tertiary/aromatic N) is 4. The molecular formula is C7H10N6. The van der Waals surface area contributed by atoms with Gasteiger partial charge in [0.15, 0.2) is 0 Å². The van der Waals surface area contributed by atoms with E-state index in [1.54, 1.807) is 17.1 Å². The summed E-state index contributed by atoms with van der Waals surface area (Å²) >= 11 is 0. The second-order valence-electron chi connectivity index (χ2n) is 2.82. The molecule has 0 amide bonds. The third kappa shape index (κ3) is 1.43. The summed E-state index contributed by atoms with van der Waals surface area (Å²) in [5.74, 6) is 0. The Hall–Kier alpha value is -1.69. The first-order valence-electron chi connectivity index (χ1n) is 3.87. The van der Waals surface area contributed by atoms with Gasteiger partial charge in [-0.05, 0) is 0 Å². The molecule has 1 atom stereocenters. The quantitative estimate of drug-likeness (QED) is 0.654. The monoisotopic (exact) mass is 178 g/mol. The maximum absolute atomic E-state index is 5.90. The highest BCUT2D eigenvalue weighted by Gasteiger charge is 2.12. The summed E-state index contributed by atoms with van der Waals surface area (Å²) in [6.07, 6.45) is 5.19. The van der Waals surface area contributed by atoms with Crippen molar-refractivity contribution in [2.24, 2.45) is 12.8 Å². The van der Waals surface area contributed by atoms with Crippen molar-refractivity contribution in [2.75, 3.05) is 0 Å². The fraction of sp³-hybridized carbons (Fsp3) is 0.286. The average Bonchev–Trinajstić information content (AvgIpc) is 2.72. The van der Waals surface area contributed by atoms with Crippen LogP contribution in [0.3, 0.4) is 0 Å². The number of aromatic amines is 1. The van der Waals surface area contributed by atoms with Crippen molar-refractivity contribution in [1.82, 2.24) is 25.2 Å². The van der Waals surface area contributed by atoms with E-state index in [4.69, 9.17) is 5.73 Å². The Morgan fingerprint density at radius 3 is 2.92 bits per heavy atom. The molecule has 6 nitrogen and oxygen atoms in total. The zero-order valence-electron chi connectivity index (χ0n) is 7.18. The van der Waals surface area contributed by atoms with Gasteiger partial charge in [0.25, 0.3) is 0 Å². The lowest BCUT2D eigenvalue weighted by atomic mass is 10.1. The Morgan fingerprint density at radius 2 is 2.38 bits per heavy atom. The Bertz CT molecular complexity index is 375. The van der Waals surface area contributed by atoms with E-state index in [9.17, 15) is 0 Å². The summed E-state index contributed by atoms with van der Waals surface area (Å²) in [7, 11) is 1.85. The minimum absolute atomic E-state index is 0.257. The minimum atomic E-state index is -0.257. The smallest absolute Gasteiger partial charge is 0.104 e. The second kappa shape index (κ2) is 2.98. The predicted molar refractivity (Wildman–Crippen MR) is 45.6 cm³/mol. The molecule has 0 aromatic carbocycles. The fourth-order valence-electron chi connectivity index (χ4n) is 1.13. The van der Waals surface area contributed by atoms with Crippen LogP contribution in [0.4, 0.5) is 0 Å². The van der Waals surface area contributed by atoms with Crippen LogP contribution >= 0.6 is 0 Å². The molecule has 0 radical (unpaired) electrons. The Morgan fingerprint density at radius 1 is 1.54 bits per heavy atom. The molecule has 1 unspecified atom stereocenters. The van der Waals surface area contributed by atoms with E-state index in [1.165, 1.54) is 0 Å². The molecule has 0 aliphatic carbocycles. The molecule has 3 N–H and O–H groups in total. The molecule has 2 heterocycles. The predicted octanol–water partition coefficient (Wildman–Crippen LogP) is -0.414. The molecule has 0 saturated carbocycles. The standard InChI is InChI=1S/C7H10N6/c1-13-4-5(2-10-13)7(8)6-3-9-12-11-6/h2-4,7H,8H2,1H3,(H,9,11,12). The number of hydrogen-bond donors (Lipinski definition) is 2. The van der Waals surface area contributed by atoms with Crippen molar-refractivity contribution >= 4 is 0 Å². The van der Waals surface area contributed by atoms with E-state index >= 15 is 0 Å². The van der Waals surface area contributed by atoms with E-state index in [2.05, 4.69) is 20.5 Å². The van der Waals surface area contributed by atoms with Crippen LogP contribution < -0.4 is 5.73 Å². The topological polar surface area (TPSA) is 85.4 Å². The van der Waals surface area contributed by atoms with Crippen LogP contribution in [-0.4, -0.2) is 25.2 Å². The normalized spacial score (nSPS) is 13.1. The number of rotatable bonds is 2. The summed E-state index contributed by atoms with van der Waals surface area (Å²) in [4.78, 5) is 0. The van der Waals surface area contributed by atoms with Crippen LogP contribution in [0.5, 0.6) is 0 Å². The van der Waals surface area contributed by atoms with Gasteiger partial charge in [-0.2, -0.15) is 20.5 Å². The summed E-state index contributed by atoms with van der Waals surface area (Å²) in [6.45, 7) is 0. The summed E-state index contributed by atoms with van der Waals surface area (Å²) in [5, 5.41) is 14.1. The van der Waals surface area contributed by atoms with Gasteiger partial charge in [0, 0.05) is 18.8 Å². The van der Waals surface area contributed by atoms with Gasteiger partial charge >= 0.3 is 0 Å². The molecule has 0 bridgehead atoms. The highest BCUT2D eigenvalue weighted by molar-refractivity contribution is 5.19. The van der Waals surface area contributed by atoms with Crippen LogP contribution in [0.1, 0.15) is 17.3 Å². The molecule has 0 aliphatic rings. The van der Waals surface area contributed by atoms with Gasteiger partial charge in [0.1, 0.15) is 5.69 Å². The molecular weight excluding hydrogens is 168 g/mol. The summed E-state index contributed by atoms with van der Waals surface area (Å²) < 4.78 is 1.70. The van der Waals surface area contributed by atoms with Gasteiger partial charge in [-0.25, -0.2) is 0 Å². The largest absolute Gasteiger partial charge is 0.319 e. The molecule has 68 valence electrons. The number of hydrogen-bond acceptors (Lipinski definition) is 4. The van der Waals surface area contributed by atoms with Gasteiger partial charge in [-0.15, -0.1) is 0 Å². The number of aryl methyl sites for hydroxylation is 1. The van der Waals surface area contributed by atoms with Gasteiger partial charge < -0.3 is 5.73 Å². The lowest BCUT2D eigenvalue weighted by Gasteiger charge is -2.02. The third-order valence-corrected chi connectivity index (χ3v) is 1.84. The zero-order valence-corrected chi connectivity index (χ0v) is 7.18. The molecule has 13 heavy (non-hydrogen) atoms. The van der Waals surface area contributed by atoms with Crippen molar-refractivity contribution in [3.05, 3.63) is 29.8 Å². The van der Waals surface area contributed by atoms with Crippen LogP contribution in [-0.2, 0) is 7.05 Å². The van der Waals surface area contributed by atoms with Crippen molar-refractivity contribution in [3.63, 3.8) is 0 Å². The maximum atomic E-state index is 5.90. The molecule has 2 rings (SSSR count). The SMILES string of the molecule is Cn1cc(C(N)c2cn[nH]n2)cn1. The van der Waals surface area contributed by atoms with Crippen LogP contribution in [0.15, 0.2) is 18.6 Å². The summed E-state index contributed by atoms with van der Waals surface area (Å²) in [5.41, 5.74) is 7.54. The Kier molecular flexibility index (Phi) is 1.82. The maximum Gasteiger partial charge on any atom is 0.104 e. The first-order chi connectivity index (χ1) is 6.27. The Labute approximate surface area is 74.8 Å². The molecule has 2 aromatic heterocycles. The number of nitrogens with one attached hydrogen (secondary N) is 1. The molecule has 0 fully saturated rings. The van der Waals surface area contributed by atoms with Gasteiger partial charge in [0.05, 0.1) is 18.4 Å². The van der Waals surface area contributed by atoms with E-state index in [0.717, 1.165) is 5.56 Å². The van der Waals surface area contributed by atoms with Crippen LogP contribution in [0.2, 0.25) is 0 Å². The molecule has 2 aromatic rings. The minimum Gasteiger partial charge on any atom is -0.319 e. The third-order valence-electron chi connectivity index (χ3n) is 1.84. The fourth-order valence-corrected chi connectivity index (χ4v) is 1.13. The summed E-state index contributed by atoms with van der Waals surface area (Å²) in [6, 6.07) is -0.257. The first-order valence-corrected chi connectivity index (χ1v) is 3.87. The average molecular weight is 178 g/mol. The lowest BCUT2D eigenvalue weighted by molar-refractivity contribution is 0.763. The van der Waals surface area contributed by atoms with Crippen molar-refractivity contribution < 1.29 is 0 Å². The van der Waals surface area contributed by atoms with Crippen molar-refractivity contribution in [1.29, 1.82) is 0 Å². The van der Waals surface area contributed by atoms with Crippen LogP contribution in [0.25, 0.3) is 0 Å². The number of aromatic nitrogens is 5. The van der Waals surface area contributed by atoms with Gasteiger partial charge in [-0.1, -0.05) is 0 Å². The van der Waals surface area contributed by atoms with Crippen molar-refractivity contribution in [3.8, 4) is 0 Å². The second-order valence-corrected chi connectivity index (χ2v) is 2.82. The molecule has 6 heteroatoms. The van der Waals surface area contributed by atoms with Gasteiger partial charge in [-0.3, -0.25) is 4.68 Å². The Balaban J connectivity index is 2.28.